The predicted molar refractivity (Wildman–Crippen MR) is 47.9 cm³/mol. The van der Waals surface area contributed by atoms with Crippen LogP contribution in [-0.4, -0.2) is 18.5 Å². The molecule has 0 saturated heterocycles. The standard InChI is InChI=1S/C9H16N2/c1-8-5-3-4-6-11(2)9(10)7-8/h5,7H,3-4,6,10H2,1-2H3. The molecule has 0 aromatic carbocycles. The highest BCUT2D eigenvalue weighted by Crippen LogP contribution is 2.08. The van der Waals surface area contributed by atoms with Gasteiger partial charge in [-0.05, 0) is 25.8 Å². The molecular weight excluding hydrogens is 136 g/mol. The average molecular weight is 152 g/mol. The van der Waals surface area contributed by atoms with E-state index in [1.54, 1.807) is 0 Å². The van der Waals surface area contributed by atoms with E-state index in [-0.39, 0.29) is 0 Å². The minimum Gasteiger partial charge on any atom is -0.385 e. The Morgan fingerprint density at radius 2 is 2.27 bits per heavy atom. The molecule has 0 radical (unpaired) electrons. The second kappa shape index (κ2) is 3.46. The summed E-state index contributed by atoms with van der Waals surface area (Å²) in [7, 11) is 2.03. The maximum Gasteiger partial charge on any atom is 0.0986 e. The monoisotopic (exact) mass is 152 g/mol. The molecule has 1 heterocycles. The van der Waals surface area contributed by atoms with Crippen molar-refractivity contribution in [2.75, 3.05) is 13.6 Å². The van der Waals surface area contributed by atoms with Crippen LogP contribution in [0.5, 0.6) is 0 Å². The zero-order chi connectivity index (χ0) is 8.27. The summed E-state index contributed by atoms with van der Waals surface area (Å²) in [6.45, 7) is 3.15. The molecule has 62 valence electrons. The van der Waals surface area contributed by atoms with Gasteiger partial charge in [0.05, 0.1) is 5.82 Å². The zero-order valence-electron chi connectivity index (χ0n) is 7.30. The summed E-state index contributed by atoms with van der Waals surface area (Å²) in [5, 5.41) is 0. The van der Waals surface area contributed by atoms with Crippen LogP contribution < -0.4 is 5.73 Å². The molecule has 0 atom stereocenters. The lowest BCUT2D eigenvalue weighted by Gasteiger charge is -2.20. The second-order valence-electron chi connectivity index (χ2n) is 3.08. The lowest BCUT2D eigenvalue weighted by molar-refractivity contribution is 0.403. The highest BCUT2D eigenvalue weighted by atomic mass is 15.2. The Morgan fingerprint density at radius 3 is 3.00 bits per heavy atom. The van der Waals surface area contributed by atoms with E-state index in [1.165, 1.54) is 18.4 Å². The van der Waals surface area contributed by atoms with Crippen molar-refractivity contribution in [1.82, 2.24) is 4.90 Å². The van der Waals surface area contributed by atoms with Gasteiger partial charge < -0.3 is 10.6 Å². The van der Waals surface area contributed by atoms with Crippen molar-refractivity contribution in [2.24, 2.45) is 5.73 Å². The molecule has 0 aliphatic carbocycles. The van der Waals surface area contributed by atoms with E-state index in [2.05, 4.69) is 17.9 Å². The highest BCUT2D eigenvalue weighted by Gasteiger charge is 2.01. The molecule has 0 aromatic heterocycles. The first-order chi connectivity index (χ1) is 5.20. The van der Waals surface area contributed by atoms with Crippen molar-refractivity contribution in [3.63, 3.8) is 0 Å². The molecular formula is C9H16N2. The summed E-state index contributed by atoms with van der Waals surface area (Å²) >= 11 is 0. The third kappa shape index (κ3) is 2.30. The van der Waals surface area contributed by atoms with Crippen molar-refractivity contribution >= 4 is 0 Å². The topological polar surface area (TPSA) is 29.3 Å². The van der Waals surface area contributed by atoms with Crippen LogP contribution in [0.15, 0.2) is 23.5 Å². The van der Waals surface area contributed by atoms with E-state index in [1.807, 2.05) is 13.1 Å². The number of nitrogens with two attached hydrogens (primary N) is 1. The zero-order valence-corrected chi connectivity index (χ0v) is 7.30. The molecule has 0 unspecified atom stereocenters. The fourth-order valence-electron chi connectivity index (χ4n) is 1.19. The molecule has 11 heavy (non-hydrogen) atoms. The van der Waals surface area contributed by atoms with Crippen molar-refractivity contribution in [2.45, 2.75) is 19.8 Å². The largest absolute Gasteiger partial charge is 0.385 e. The van der Waals surface area contributed by atoms with Gasteiger partial charge in [0.2, 0.25) is 0 Å². The molecule has 2 nitrogen and oxygen atoms in total. The number of nitrogens with zero attached hydrogens (tertiary/aromatic N) is 1. The van der Waals surface area contributed by atoms with Gasteiger partial charge in [-0.15, -0.1) is 0 Å². The van der Waals surface area contributed by atoms with Gasteiger partial charge in [0.25, 0.3) is 0 Å². The van der Waals surface area contributed by atoms with E-state index in [0.29, 0.717) is 0 Å². The second-order valence-corrected chi connectivity index (χ2v) is 3.08. The van der Waals surface area contributed by atoms with E-state index < -0.39 is 0 Å². The fraction of sp³-hybridized carbons (Fsp3) is 0.556. The molecule has 2 N–H and O–H groups in total. The van der Waals surface area contributed by atoms with Gasteiger partial charge in [0.15, 0.2) is 0 Å². The molecule has 0 spiro atoms. The Kier molecular flexibility index (Phi) is 2.58. The van der Waals surface area contributed by atoms with Gasteiger partial charge in [0.1, 0.15) is 0 Å². The molecule has 0 fully saturated rings. The van der Waals surface area contributed by atoms with Gasteiger partial charge in [0, 0.05) is 13.6 Å². The number of hydrogen-bond acceptors (Lipinski definition) is 2. The molecule has 2 heteroatoms. The van der Waals surface area contributed by atoms with Crippen LogP contribution in [0.1, 0.15) is 19.8 Å². The lowest BCUT2D eigenvalue weighted by atomic mass is 10.1. The Bertz CT molecular complexity index is 192. The summed E-state index contributed by atoms with van der Waals surface area (Å²) in [6, 6.07) is 0. The van der Waals surface area contributed by atoms with Crippen LogP contribution in [0.4, 0.5) is 0 Å². The van der Waals surface area contributed by atoms with E-state index >= 15 is 0 Å². The van der Waals surface area contributed by atoms with Crippen molar-refractivity contribution in [1.29, 1.82) is 0 Å². The van der Waals surface area contributed by atoms with Gasteiger partial charge in [-0.25, -0.2) is 0 Å². The van der Waals surface area contributed by atoms with Crippen molar-refractivity contribution in [3.05, 3.63) is 23.5 Å². The Morgan fingerprint density at radius 1 is 1.55 bits per heavy atom. The van der Waals surface area contributed by atoms with Crippen LogP contribution in [-0.2, 0) is 0 Å². The third-order valence-corrected chi connectivity index (χ3v) is 1.98. The van der Waals surface area contributed by atoms with Gasteiger partial charge in [-0.2, -0.15) is 0 Å². The number of hydrogen-bond donors (Lipinski definition) is 1. The summed E-state index contributed by atoms with van der Waals surface area (Å²) in [4.78, 5) is 2.09. The van der Waals surface area contributed by atoms with Crippen molar-refractivity contribution < 1.29 is 0 Å². The Hall–Kier alpha value is -0.920. The first-order valence-electron chi connectivity index (χ1n) is 4.05. The summed E-state index contributed by atoms with van der Waals surface area (Å²) in [5.74, 6) is 0.874. The maximum absolute atomic E-state index is 5.78. The quantitative estimate of drug-likeness (QED) is 0.569. The molecule has 0 saturated carbocycles. The van der Waals surface area contributed by atoms with Gasteiger partial charge in [-0.3, -0.25) is 0 Å². The number of allylic oxidation sites excluding steroid dienone is 3. The summed E-state index contributed by atoms with van der Waals surface area (Å²) in [6.07, 6.45) is 6.63. The molecule has 0 amide bonds. The van der Waals surface area contributed by atoms with Crippen molar-refractivity contribution in [3.8, 4) is 0 Å². The normalized spacial score (nSPS) is 20.0. The minimum atomic E-state index is 0.874. The SMILES string of the molecule is CC1=CCCCN(C)C(N)=C1. The Labute approximate surface area is 68.4 Å². The Balaban J connectivity index is 2.74. The maximum atomic E-state index is 5.78. The predicted octanol–water partition coefficient (Wildman–Crippen LogP) is 1.46. The average Bonchev–Trinajstić information content (AvgIpc) is 1.95. The molecule has 1 aliphatic rings. The molecule has 0 aromatic rings. The minimum absolute atomic E-state index is 0.874. The lowest BCUT2D eigenvalue weighted by Crippen LogP contribution is -2.25. The first-order valence-corrected chi connectivity index (χ1v) is 4.05. The van der Waals surface area contributed by atoms with E-state index in [0.717, 1.165) is 12.4 Å². The highest BCUT2D eigenvalue weighted by molar-refractivity contribution is 5.20. The first kappa shape index (κ1) is 8.18. The van der Waals surface area contributed by atoms with Gasteiger partial charge in [-0.1, -0.05) is 11.6 Å². The van der Waals surface area contributed by atoms with Crippen LogP contribution in [0, 0.1) is 0 Å². The summed E-state index contributed by atoms with van der Waals surface area (Å²) < 4.78 is 0. The molecule has 1 aliphatic heterocycles. The van der Waals surface area contributed by atoms with E-state index in [4.69, 9.17) is 5.73 Å². The molecule has 0 bridgehead atoms. The van der Waals surface area contributed by atoms with Crippen LogP contribution in [0.2, 0.25) is 0 Å². The summed E-state index contributed by atoms with van der Waals surface area (Å²) in [5.41, 5.74) is 7.06. The van der Waals surface area contributed by atoms with Crippen LogP contribution in [0.3, 0.4) is 0 Å². The van der Waals surface area contributed by atoms with Gasteiger partial charge >= 0.3 is 0 Å². The van der Waals surface area contributed by atoms with Crippen LogP contribution in [0.25, 0.3) is 0 Å². The number of rotatable bonds is 0. The van der Waals surface area contributed by atoms with Crippen LogP contribution >= 0.6 is 0 Å². The fourth-order valence-corrected chi connectivity index (χ4v) is 1.19. The molecule has 1 rings (SSSR count). The smallest absolute Gasteiger partial charge is 0.0986 e. The third-order valence-electron chi connectivity index (χ3n) is 1.98. The van der Waals surface area contributed by atoms with E-state index in [9.17, 15) is 0 Å².